The van der Waals surface area contributed by atoms with E-state index in [1.165, 1.54) is 18.4 Å². The summed E-state index contributed by atoms with van der Waals surface area (Å²) in [6, 6.07) is 18.1. The Hall–Kier alpha value is -1.73. The molecule has 146 valence electrons. The van der Waals surface area contributed by atoms with Gasteiger partial charge < -0.3 is 10.2 Å². The van der Waals surface area contributed by atoms with E-state index in [2.05, 4.69) is 40.5 Å². The predicted molar refractivity (Wildman–Crippen MR) is 109 cm³/mol. The van der Waals surface area contributed by atoms with Crippen molar-refractivity contribution in [2.24, 2.45) is 5.14 Å². The van der Waals surface area contributed by atoms with Gasteiger partial charge in [-0.3, -0.25) is 0 Å². The van der Waals surface area contributed by atoms with E-state index in [4.69, 9.17) is 5.14 Å². The second-order valence-electron chi connectivity index (χ2n) is 7.24. The van der Waals surface area contributed by atoms with Crippen LogP contribution in [0.1, 0.15) is 24.0 Å². The number of likely N-dealkylation sites (tertiary alicyclic amines) is 1. The first kappa shape index (κ1) is 20.0. The molecule has 3 N–H and O–H groups in total. The molecule has 0 bridgehead atoms. The van der Waals surface area contributed by atoms with Gasteiger partial charge in [0.2, 0.25) is 10.0 Å². The van der Waals surface area contributed by atoms with Crippen molar-refractivity contribution in [1.29, 1.82) is 0 Å². The van der Waals surface area contributed by atoms with Crippen LogP contribution < -0.4 is 10.5 Å². The molecular weight excluding hydrogens is 358 g/mol. The van der Waals surface area contributed by atoms with Gasteiger partial charge in [0, 0.05) is 12.6 Å². The molecule has 5 nitrogen and oxygen atoms in total. The molecule has 2 aromatic rings. The maximum Gasteiger partial charge on any atom is 0.238 e. The number of hydrogen-bond acceptors (Lipinski definition) is 4. The molecule has 1 saturated heterocycles. The molecule has 1 aliphatic heterocycles. The summed E-state index contributed by atoms with van der Waals surface area (Å²) >= 11 is 0. The lowest BCUT2D eigenvalue weighted by Crippen LogP contribution is -2.43. The first-order valence-corrected chi connectivity index (χ1v) is 11.2. The molecule has 2 aromatic carbocycles. The second-order valence-corrected chi connectivity index (χ2v) is 8.81. The number of nitrogens with two attached hydrogens (primary N) is 1. The van der Waals surface area contributed by atoms with Crippen LogP contribution in [0.2, 0.25) is 0 Å². The minimum absolute atomic E-state index is 0.169. The molecule has 0 amide bonds. The zero-order valence-corrected chi connectivity index (χ0v) is 16.5. The predicted octanol–water partition coefficient (Wildman–Crippen LogP) is 2.17. The van der Waals surface area contributed by atoms with Gasteiger partial charge in [-0.25, -0.2) is 13.6 Å². The van der Waals surface area contributed by atoms with Crippen LogP contribution in [0.25, 0.3) is 0 Å². The topological polar surface area (TPSA) is 75.4 Å². The quantitative estimate of drug-likeness (QED) is 0.728. The molecule has 0 spiro atoms. The van der Waals surface area contributed by atoms with Crippen LogP contribution in [0.3, 0.4) is 0 Å². The number of piperidine rings is 1. The minimum Gasteiger partial charge on any atom is -0.314 e. The highest BCUT2D eigenvalue weighted by Gasteiger charge is 2.18. The fraction of sp³-hybridized carbons (Fsp3) is 0.429. The fourth-order valence-corrected chi connectivity index (χ4v) is 4.07. The summed E-state index contributed by atoms with van der Waals surface area (Å²) in [6.45, 7) is 4.33. The molecular formula is C21H29N3O2S. The van der Waals surface area contributed by atoms with Gasteiger partial charge in [-0.2, -0.15) is 0 Å². The highest BCUT2D eigenvalue weighted by molar-refractivity contribution is 7.89. The van der Waals surface area contributed by atoms with Gasteiger partial charge >= 0.3 is 0 Å². The molecule has 1 heterocycles. The Labute approximate surface area is 162 Å². The Balaban J connectivity index is 1.34. The van der Waals surface area contributed by atoms with Gasteiger partial charge in [-0.1, -0.05) is 42.5 Å². The minimum atomic E-state index is -3.61. The van der Waals surface area contributed by atoms with Gasteiger partial charge in [-0.15, -0.1) is 0 Å². The first-order valence-electron chi connectivity index (χ1n) is 9.62. The molecule has 1 aliphatic rings. The van der Waals surface area contributed by atoms with Gasteiger partial charge in [0.05, 0.1) is 4.90 Å². The van der Waals surface area contributed by atoms with Crippen molar-refractivity contribution in [3.63, 3.8) is 0 Å². The number of rotatable bonds is 8. The summed E-state index contributed by atoms with van der Waals surface area (Å²) in [6.07, 6.45) is 4.37. The van der Waals surface area contributed by atoms with Crippen LogP contribution in [0.15, 0.2) is 59.5 Å². The zero-order chi connectivity index (χ0) is 19.1. The van der Waals surface area contributed by atoms with Gasteiger partial charge in [0.25, 0.3) is 0 Å². The highest BCUT2D eigenvalue weighted by atomic mass is 32.2. The third-order valence-electron chi connectivity index (χ3n) is 5.25. The number of sulfonamides is 1. The van der Waals surface area contributed by atoms with Crippen LogP contribution in [0.5, 0.6) is 0 Å². The Morgan fingerprint density at radius 2 is 1.56 bits per heavy atom. The van der Waals surface area contributed by atoms with E-state index in [9.17, 15) is 8.42 Å². The Morgan fingerprint density at radius 1 is 0.926 bits per heavy atom. The third-order valence-corrected chi connectivity index (χ3v) is 6.17. The average Bonchev–Trinajstić information content (AvgIpc) is 2.68. The molecule has 3 rings (SSSR count). The first-order chi connectivity index (χ1) is 13.0. The van der Waals surface area contributed by atoms with Crippen LogP contribution in [0, 0.1) is 0 Å². The van der Waals surface area contributed by atoms with Crippen LogP contribution in [-0.4, -0.2) is 45.5 Å². The van der Waals surface area contributed by atoms with Crippen LogP contribution >= 0.6 is 0 Å². The number of primary sulfonamides is 1. The largest absolute Gasteiger partial charge is 0.314 e. The lowest BCUT2D eigenvalue weighted by atomic mass is 10.0. The van der Waals surface area contributed by atoms with E-state index in [0.29, 0.717) is 6.04 Å². The summed E-state index contributed by atoms with van der Waals surface area (Å²) in [5.41, 5.74) is 2.53. The van der Waals surface area contributed by atoms with E-state index >= 15 is 0 Å². The number of nitrogens with zero attached hydrogens (tertiary/aromatic N) is 1. The molecule has 1 fully saturated rings. The van der Waals surface area contributed by atoms with E-state index in [1.807, 2.05) is 12.1 Å². The van der Waals surface area contributed by atoms with Crippen LogP contribution in [0.4, 0.5) is 0 Å². The molecule has 0 unspecified atom stereocenters. The number of hydrogen-bond donors (Lipinski definition) is 2. The van der Waals surface area contributed by atoms with Crippen molar-refractivity contribution >= 4 is 10.0 Å². The van der Waals surface area contributed by atoms with Crippen molar-refractivity contribution in [2.75, 3.05) is 26.2 Å². The lowest BCUT2D eigenvalue weighted by Gasteiger charge is -2.32. The highest BCUT2D eigenvalue weighted by Crippen LogP contribution is 2.12. The molecule has 27 heavy (non-hydrogen) atoms. The Bertz CT molecular complexity index is 799. The van der Waals surface area contributed by atoms with Crippen molar-refractivity contribution in [2.45, 2.75) is 36.6 Å². The zero-order valence-electron chi connectivity index (χ0n) is 15.7. The number of nitrogens with one attached hydrogen (secondary N) is 1. The Morgan fingerprint density at radius 3 is 2.19 bits per heavy atom. The molecule has 0 atom stereocenters. The molecule has 0 radical (unpaired) electrons. The van der Waals surface area contributed by atoms with Crippen molar-refractivity contribution in [3.05, 3.63) is 65.7 Å². The van der Waals surface area contributed by atoms with Gasteiger partial charge in [-0.05, 0) is 68.6 Å². The molecule has 6 heteroatoms. The lowest BCUT2D eigenvalue weighted by molar-refractivity contribution is 0.200. The fourth-order valence-electron chi connectivity index (χ4n) is 3.56. The SMILES string of the molecule is NS(=O)(=O)c1ccc(CCNC2CCN(CCc3ccccc3)CC2)cc1. The maximum atomic E-state index is 11.3. The van der Waals surface area contributed by atoms with Crippen LogP contribution in [-0.2, 0) is 22.9 Å². The smallest absolute Gasteiger partial charge is 0.238 e. The van der Waals surface area contributed by atoms with Crippen molar-refractivity contribution in [3.8, 4) is 0 Å². The third kappa shape index (κ3) is 6.43. The second kappa shape index (κ2) is 9.46. The van der Waals surface area contributed by atoms with Gasteiger partial charge in [0.15, 0.2) is 0 Å². The van der Waals surface area contributed by atoms with Crippen molar-refractivity contribution in [1.82, 2.24) is 10.2 Å². The maximum absolute atomic E-state index is 11.3. The molecule has 0 saturated carbocycles. The number of benzene rings is 2. The average molecular weight is 388 g/mol. The monoisotopic (exact) mass is 387 g/mol. The standard InChI is InChI=1S/C21H29N3O2S/c22-27(25,26)21-8-6-19(7-9-21)10-14-23-20-12-16-24(17-13-20)15-11-18-4-2-1-3-5-18/h1-9,20,23H,10-17H2,(H2,22,25,26). The summed E-state index contributed by atoms with van der Waals surface area (Å²) in [5, 5.41) is 8.77. The molecule has 0 aliphatic carbocycles. The van der Waals surface area contributed by atoms with E-state index in [-0.39, 0.29) is 4.90 Å². The van der Waals surface area contributed by atoms with Crippen molar-refractivity contribution < 1.29 is 8.42 Å². The summed E-state index contributed by atoms with van der Waals surface area (Å²) in [4.78, 5) is 2.72. The summed E-state index contributed by atoms with van der Waals surface area (Å²) in [7, 11) is -3.61. The van der Waals surface area contributed by atoms with Gasteiger partial charge in [0.1, 0.15) is 0 Å². The van der Waals surface area contributed by atoms with E-state index in [1.54, 1.807) is 12.1 Å². The van der Waals surface area contributed by atoms with E-state index in [0.717, 1.165) is 44.6 Å². The summed E-state index contributed by atoms with van der Waals surface area (Å²) in [5.74, 6) is 0. The normalized spacial score (nSPS) is 16.5. The van der Waals surface area contributed by atoms with E-state index < -0.39 is 10.0 Å². The molecule has 0 aromatic heterocycles. The Kier molecular flexibility index (Phi) is 7.01. The summed E-state index contributed by atoms with van der Waals surface area (Å²) < 4.78 is 22.6.